The summed E-state index contributed by atoms with van der Waals surface area (Å²) in [5.41, 5.74) is 2.23. The number of benzene rings is 2. The standard InChI is InChI=1S/C21H22BFN4O2/c1-14(12-28)13-29-18-9-7-17(8-10-18)26-21-24-11-19(22-2)20(27-21)25-16-5-3-15(23)4-6-16/h3-11,14,28H,2,12-13H2,1H3,(H2,24,25,26,27)/t14-/m0/s1. The van der Waals surface area contributed by atoms with E-state index in [1.807, 2.05) is 31.2 Å². The van der Waals surface area contributed by atoms with E-state index in [2.05, 4.69) is 27.1 Å². The van der Waals surface area contributed by atoms with Crippen LogP contribution in [0.4, 0.5) is 27.5 Å². The fourth-order valence-electron chi connectivity index (χ4n) is 2.43. The average Bonchev–Trinajstić information content (AvgIpc) is 2.75. The number of hydrogen-bond donors (Lipinski definition) is 3. The predicted molar refractivity (Wildman–Crippen MR) is 116 cm³/mol. The molecule has 0 saturated heterocycles. The molecule has 2 aromatic carbocycles. The van der Waals surface area contributed by atoms with Gasteiger partial charge in [-0.25, -0.2) is 0 Å². The van der Waals surface area contributed by atoms with Crippen LogP contribution >= 0.6 is 0 Å². The van der Waals surface area contributed by atoms with Crippen molar-refractivity contribution in [3.8, 4) is 5.75 Å². The van der Waals surface area contributed by atoms with E-state index in [-0.39, 0.29) is 18.3 Å². The first-order valence-electron chi connectivity index (χ1n) is 9.20. The Hall–Kier alpha value is -3.26. The van der Waals surface area contributed by atoms with Gasteiger partial charge < -0.3 is 5.11 Å². The van der Waals surface area contributed by atoms with Crippen molar-refractivity contribution in [2.45, 2.75) is 6.92 Å². The minimum atomic E-state index is -0.303. The minimum absolute atomic E-state index is 0.0802. The van der Waals surface area contributed by atoms with Crippen LogP contribution in [0.5, 0.6) is 5.75 Å². The van der Waals surface area contributed by atoms with Gasteiger partial charge in [0.25, 0.3) is 0 Å². The summed E-state index contributed by atoms with van der Waals surface area (Å²) in [6.45, 7) is 7.88. The summed E-state index contributed by atoms with van der Waals surface area (Å²) in [6.07, 6.45) is 1.65. The Morgan fingerprint density at radius 3 is 2.41 bits per heavy atom. The van der Waals surface area contributed by atoms with Crippen molar-refractivity contribution in [3.63, 3.8) is 0 Å². The molecule has 1 atom stereocenters. The van der Waals surface area contributed by atoms with Gasteiger partial charge in [-0.1, -0.05) is 6.92 Å². The van der Waals surface area contributed by atoms with Gasteiger partial charge in [0.05, 0.1) is 0 Å². The van der Waals surface area contributed by atoms with Gasteiger partial charge >= 0.3 is 151 Å². The van der Waals surface area contributed by atoms with Crippen molar-refractivity contribution >= 4 is 42.0 Å². The van der Waals surface area contributed by atoms with Crippen LogP contribution in [-0.2, 0) is 0 Å². The second-order valence-electron chi connectivity index (χ2n) is 6.58. The van der Waals surface area contributed by atoms with Gasteiger partial charge in [0.2, 0.25) is 0 Å². The maximum absolute atomic E-state index is 13.1. The van der Waals surface area contributed by atoms with Crippen LogP contribution in [0.2, 0.25) is 0 Å². The monoisotopic (exact) mass is 392 g/mol. The molecule has 0 aliphatic heterocycles. The Balaban J connectivity index is 1.70. The normalized spacial score (nSPS) is 11.4. The van der Waals surface area contributed by atoms with E-state index in [0.29, 0.717) is 24.1 Å². The number of aliphatic hydroxyl groups is 1. The zero-order valence-corrected chi connectivity index (χ0v) is 16.1. The van der Waals surface area contributed by atoms with E-state index in [1.54, 1.807) is 25.3 Å². The summed E-state index contributed by atoms with van der Waals surface area (Å²) in [5, 5.41) is 15.3. The van der Waals surface area contributed by atoms with Crippen molar-refractivity contribution in [1.29, 1.82) is 0 Å². The van der Waals surface area contributed by atoms with Gasteiger partial charge in [-0.05, 0) is 0 Å². The molecule has 3 rings (SSSR count). The molecule has 8 heteroatoms. The van der Waals surface area contributed by atoms with E-state index in [0.717, 1.165) is 16.9 Å². The van der Waals surface area contributed by atoms with Crippen LogP contribution in [0, 0.1) is 11.7 Å². The molecule has 29 heavy (non-hydrogen) atoms. The SMILES string of the molecule is C=Bc1cnc(Nc2ccc(OC[C@@H](C)CO)cc2)nc1Nc1ccc(F)cc1. The molecule has 0 saturated carbocycles. The molecule has 0 aliphatic carbocycles. The van der Waals surface area contributed by atoms with E-state index in [1.165, 1.54) is 12.1 Å². The van der Waals surface area contributed by atoms with Crippen molar-refractivity contribution in [2.75, 3.05) is 23.8 Å². The first-order chi connectivity index (χ1) is 14.1. The zero-order valence-electron chi connectivity index (χ0n) is 16.1. The third-order valence-electron chi connectivity index (χ3n) is 4.10. The maximum atomic E-state index is 13.1. The molecule has 0 unspecified atom stereocenters. The van der Waals surface area contributed by atoms with E-state index >= 15 is 0 Å². The van der Waals surface area contributed by atoms with Crippen LogP contribution < -0.4 is 20.8 Å². The van der Waals surface area contributed by atoms with Gasteiger partial charge in [0.1, 0.15) is 0 Å². The molecule has 0 fully saturated rings. The molecule has 0 bridgehead atoms. The summed E-state index contributed by atoms with van der Waals surface area (Å²) in [7, 11) is 0. The molecule has 0 aliphatic rings. The first kappa shape index (κ1) is 20.5. The molecule has 0 spiro atoms. The Morgan fingerprint density at radius 2 is 1.76 bits per heavy atom. The van der Waals surface area contributed by atoms with Gasteiger partial charge in [-0.2, -0.15) is 0 Å². The Labute approximate surface area is 169 Å². The number of halogens is 1. The topological polar surface area (TPSA) is 79.3 Å². The third kappa shape index (κ3) is 5.86. The van der Waals surface area contributed by atoms with Gasteiger partial charge in [-0.15, -0.1) is 0 Å². The summed E-state index contributed by atoms with van der Waals surface area (Å²) in [6, 6.07) is 13.4. The number of rotatable bonds is 9. The van der Waals surface area contributed by atoms with Gasteiger partial charge in [0.15, 0.2) is 0 Å². The van der Waals surface area contributed by atoms with Crippen LogP contribution in [-0.4, -0.2) is 41.7 Å². The number of aromatic nitrogens is 2. The molecule has 3 aromatic rings. The molecular formula is C21H22BFN4O2. The Morgan fingerprint density at radius 1 is 1.10 bits per heavy atom. The number of nitrogens with one attached hydrogen (secondary N) is 2. The Kier molecular flexibility index (Phi) is 6.92. The van der Waals surface area contributed by atoms with E-state index < -0.39 is 0 Å². The van der Waals surface area contributed by atoms with E-state index in [4.69, 9.17) is 9.84 Å². The van der Waals surface area contributed by atoms with Crippen molar-refractivity contribution in [1.82, 2.24) is 9.97 Å². The number of nitrogens with zero attached hydrogens (tertiary/aromatic N) is 2. The molecule has 6 nitrogen and oxygen atoms in total. The quantitative estimate of drug-likeness (QED) is 0.486. The molecule has 148 valence electrons. The molecular weight excluding hydrogens is 370 g/mol. The van der Waals surface area contributed by atoms with Gasteiger partial charge in [-0.3, -0.25) is 0 Å². The molecule has 1 aromatic heterocycles. The van der Waals surface area contributed by atoms with Crippen LogP contribution in [0.3, 0.4) is 0 Å². The van der Waals surface area contributed by atoms with E-state index in [9.17, 15) is 4.39 Å². The summed E-state index contributed by atoms with van der Waals surface area (Å²) >= 11 is 0. The summed E-state index contributed by atoms with van der Waals surface area (Å²) in [4.78, 5) is 8.79. The fourth-order valence-corrected chi connectivity index (χ4v) is 2.43. The van der Waals surface area contributed by atoms with Crippen molar-refractivity contribution in [2.24, 2.45) is 5.92 Å². The second kappa shape index (κ2) is 9.79. The molecule has 3 N–H and O–H groups in total. The second-order valence-corrected chi connectivity index (χ2v) is 6.58. The summed E-state index contributed by atoms with van der Waals surface area (Å²) < 4.78 is 18.7. The number of ether oxygens (including phenoxy) is 1. The van der Waals surface area contributed by atoms with Gasteiger partial charge in [0, 0.05) is 6.61 Å². The Bertz CT molecular complexity index is 952. The molecule has 0 amide bonds. The van der Waals surface area contributed by atoms with Crippen molar-refractivity contribution < 1.29 is 14.2 Å². The van der Waals surface area contributed by atoms with Crippen LogP contribution in [0.1, 0.15) is 6.92 Å². The van der Waals surface area contributed by atoms with Crippen LogP contribution in [0.15, 0.2) is 54.7 Å². The predicted octanol–water partition coefficient (Wildman–Crippen LogP) is 2.87. The fraction of sp³-hybridized carbons (Fsp3) is 0.190. The summed E-state index contributed by atoms with van der Waals surface area (Å²) in [5.74, 6) is 1.46. The average molecular weight is 392 g/mol. The zero-order chi connectivity index (χ0) is 20.6. The molecule has 0 radical (unpaired) electrons. The van der Waals surface area contributed by atoms with Crippen molar-refractivity contribution in [3.05, 3.63) is 60.5 Å². The van der Waals surface area contributed by atoms with Crippen LogP contribution in [0.25, 0.3) is 0 Å². The number of anilines is 4. The number of aliphatic hydroxyl groups excluding tert-OH is 1. The third-order valence-corrected chi connectivity index (χ3v) is 4.10. The molecule has 1 heterocycles. The number of hydrogen-bond acceptors (Lipinski definition) is 6. The first-order valence-corrected chi connectivity index (χ1v) is 9.20.